The second-order valence-electron chi connectivity index (χ2n) is 13.9. The number of hydrogen-bond donors (Lipinski definition) is 4. The molecule has 4 atom stereocenters. The van der Waals surface area contributed by atoms with Crippen molar-refractivity contribution in [2.75, 3.05) is 53.6 Å². The van der Waals surface area contributed by atoms with E-state index < -0.39 is 0 Å². The average molecular weight is 705 g/mol. The van der Waals surface area contributed by atoms with Gasteiger partial charge in [-0.05, 0) is 109 Å². The lowest BCUT2D eigenvalue weighted by Crippen LogP contribution is -2.38. The van der Waals surface area contributed by atoms with Gasteiger partial charge in [0.05, 0.1) is 27.4 Å². The fourth-order valence-electron chi connectivity index (χ4n) is 7.75. The third-order valence-corrected chi connectivity index (χ3v) is 10.8. The second-order valence-corrected chi connectivity index (χ2v) is 13.9. The number of methoxy groups -OCH3 is 2. The molecule has 4 heterocycles. The zero-order valence-corrected chi connectivity index (χ0v) is 29.9. The van der Waals surface area contributed by atoms with Crippen molar-refractivity contribution < 1.29 is 28.5 Å². The van der Waals surface area contributed by atoms with E-state index in [0.29, 0.717) is 50.0 Å². The van der Waals surface area contributed by atoms with Crippen LogP contribution < -0.4 is 40.2 Å². The summed E-state index contributed by atoms with van der Waals surface area (Å²) in [5.74, 6) is 4.96. The molecule has 4 aliphatic rings. The minimum atomic E-state index is -0.0131. The van der Waals surface area contributed by atoms with Gasteiger partial charge < -0.3 is 40.2 Å². The minimum Gasteiger partial charge on any atom is -0.497 e. The predicted molar refractivity (Wildman–Crippen MR) is 200 cm³/mol. The Morgan fingerprint density at radius 1 is 0.558 bits per heavy atom. The van der Waals surface area contributed by atoms with E-state index in [4.69, 9.17) is 18.9 Å². The van der Waals surface area contributed by atoms with Gasteiger partial charge in [-0.25, -0.2) is 0 Å². The summed E-state index contributed by atoms with van der Waals surface area (Å²) >= 11 is 0. The number of benzene rings is 4. The van der Waals surface area contributed by atoms with Gasteiger partial charge in [0.2, 0.25) is 0 Å². The monoisotopic (exact) mass is 704 g/mol. The Balaban J connectivity index is 0.000000162. The van der Waals surface area contributed by atoms with Crippen LogP contribution in [0.15, 0.2) is 84.9 Å². The van der Waals surface area contributed by atoms with Gasteiger partial charge in [-0.15, -0.1) is 0 Å². The molecule has 4 N–H and O–H groups in total. The maximum absolute atomic E-state index is 11.8. The molecule has 4 aromatic carbocycles. The highest BCUT2D eigenvalue weighted by Crippen LogP contribution is 2.34. The van der Waals surface area contributed by atoms with Gasteiger partial charge >= 0.3 is 0 Å². The van der Waals surface area contributed by atoms with Crippen molar-refractivity contribution in [3.63, 3.8) is 0 Å². The van der Waals surface area contributed by atoms with E-state index in [1.54, 1.807) is 14.2 Å². The molecule has 2 amide bonds. The maximum atomic E-state index is 11.8. The number of nitrogens with one attached hydrogen (secondary N) is 4. The molecule has 10 heteroatoms. The van der Waals surface area contributed by atoms with Crippen LogP contribution >= 0.6 is 0 Å². The van der Waals surface area contributed by atoms with Crippen molar-refractivity contribution in [3.8, 4) is 23.0 Å². The van der Waals surface area contributed by atoms with Gasteiger partial charge in [-0.2, -0.15) is 0 Å². The molecule has 272 valence electrons. The fraction of sp³-hybridized carbons (Fsp3) is 0.381. The van der Waals surface area contributed by atoms with Gasteiger partial charge in [0.1, 0.15) is 23.0 Å². The maximum Gasteiger partial charge on any atom is 0.252 e. The number of amides is 2. The van der Waals surface area contributed by atoms with E-state index in [9.17, 15) is 9.59 Å². The van der Waals surface area contributed by atoms with Crippen LogP contribution in [-0.2, 0) is 13.1 Å². The highest BCUT2D eigenvalue weighted by atomic mass is 16.5. The molecule has 0 bridgehead atoms. The van der Waals surface area contributed by atoms with Crippen molar-refractivity contribution in [1.29, 1.82) is 0 Å². The fourth-order valence-corrected chi connectivity index (χ4v) is 7.75. The minimum absolute atomic E-state index is 0.0131. The first-order valence-electron chi connectivity index (χ1n) is 18.3. The smallest absolute Gasteiger partial charge is 0.252 e. The molecule has 0 radical (unpaired) electrons. The molecular formula is C42H48N4O6. The summed E-state index contributed by atoms with van der Waals surface area (Å²) in [5.41, 5.74) is 6.20. The number of hydrogen-bond acceptors (Lipinski definition) is 8. The summed E-state index contributed by atoms with van der Waals surface area (Å²) in [7, 11) is 3.38. The third kappa shape index (κ3) is 8.19. The Labute approximate surface area is 305 Å². The zero-order valence-electron chi connectivity index (χ0n) is 29.9. The Bertz CT molecular complexity index is 1710. The van der Waals surface area contributed by atoms with Gasteiger partial charge in [0.15, 0.2) is 0 Å². The Morgan fingerprint density at radius 3 is 1.37 bits per heavy atom. The zero-order chi connectivity index (χ0) is 35.9. The Morgan fingerprint density at radius 2 is 0.962 bits per heavy atom. The lowest BCUT2D eigenvalue weighted by atomic mass is 9.81. The first-order chi connectivity index (χ1) is 25.5. The van der Waals surface area contributed by atoms with Crippen molar-refractivity contribution in [2.45, 2.75) is 37.8 Å². The topological polar surface area (TPSA) is 119 Å². The molecule has 52 heavy (non-hydrogen) atoms. The third-order valence-electron chi connectivity index (χ3n) is 10.8. The quantitative estimate of drug-likeness (QED) is 0.173. The predicted octanol–water partition coefficient (Wildman–Crippen LogP) is 5.42. The first kappa shape index (κ1) is 35.3. The van der Waals surface area contributed by atoms with Crippen LogP contribution in [0.1, 0.15) is 67.6 Å². The molecule has 10 nitrogen and oxygen atoms in total. The van der Waals surface area contributed by atoms with Crippen molar-refractivity contribution in [1.82, 2.24) is 21.3 Å². The summed E-state index contributed by atoms with van der Waals surface area (Å²) < 4.78 is 22.7. The van der Waals surface area contributed by atoms with Gasteiger partial charge in [-0.3, -0.25) is 9.59 Å². The van der Waals surface area contributed by atoms with E-state index in [0.717, 1.165) is 84.3 Å². The van der Waals surface area contributed by atoms with Crippen LogP contribution in [0.2, 0.25) is 0 Å². The lowest BCUT2D eigenvalue weighted by Gasteiger charge is -2.32. The van der Waals surface area contributed by atoms with Crippen LogP contribution in [0, 0.1) is 11.8 Å². The van der Waals surface area contributed by atoms with Crippen LogP contribution in [0.3, 0.4) is 0 Å². The molecule has 0 unspecified atom stereocenters. The van der Waals surface area contributed by atoms with Crippen molar-refractivity contribution in [2.24, 2.45) is 11.8 Å². The highest BCUT2D eigenvalue weighted by molar-refractivity contribution is 5.99. The van der Waals surface area contributed by atoms with E-state index in [-0.39, 0.29) is 11.8 Å². The Hall–Kier alpha value is -5.06. The number of carbonyl (C=O) groups excluding carboxylic acids is 2. The number of ether oxygens (including phenoxy) is 4. The molecule has 8 rings (SSSR count). The molecule has 0 spiro atoms. The molecule has 2 fully saturated rings. The van der Waals surface area contributed by atoms with Crippen LogP contribution in [-0.4, -0.2) is 65.4 Å². The van der Waals surface area contributed by atoms with Crippen molar-refractivity contribution in [3.05, 3.63) is 118 Å². The molecule has 2 saturated heterocycles. The summed E-state index contributed by atoms with van der Waals surface area (Å²) in [6, 6.07) is 28.3. The molecule has 0 saturated carbocycles. The van der Waals surface area contributed by atoms with E-state index in [1.165, 1.54) is 11.1 Å². The summed E-state index contributed by atoms with van der Waals surface area (Å²) in [4.78, 5) is 23.7. The molecule has 0 aromatic heterocycles. The van der Waals surface area contributed by atoms with Gasteiger partial charge in [0, 0.05) is 49.1 Å². The molecule has 0 aliphatic carbocycles. The average Bonchev–Trinajstić information content (AvgIpc) is 3.77. The summed E-state index contributed by atoms with van der Waals surface area (Å²) in [6.07, 6.45) is 2.18. The number of piperidine rings is 2. The Kier molecular flexibility index (Phi) is 11.2. The van der Waals surface area contributed by atoms with Gasteiger partial charge in [-0.1, -0.05) is 36.4 Å². The van der Waals surface area contributed by atoms with E-state index in [2.05, 4.69) is 45.5 Å². The summed E-state index contributed by atoms with van der Waals surface area (Å²) in [5, 5.41) is 12.6. The number of carbonyl (C=O) groups is 2. The first-order valence-corrected chi connectivity index (χ1v) is 18.3. The standard InChI is InChI=1S/2C21H24N2O3/c2*1-25-17-5-2-14(3-6-17)19-8-9-22-11-16(19)13-26-18-7-4-15-12-23-21(24)20(15)10-18/h2*2-7,10,16,19,22H,8-9,11-13H2,1H3,(H,23,24)/t2*16-,19-/m10/s1. The number of fused-ring (bicyclic) bond motifs is 2. The van der Waals surface area contributed by atoms with E-state index >= 15 is 0 Å². The SMILES string of the molecule is COc1ccc([C@@H]2CCNC[C@H]2COc2ccc3c(c2)C(=O)NC3)cc1.COc1ccc([C@H]2CCNC[C@@H]2COc2ccc3c(c2)C(=O)NC3)cc1. The molecule has 4 aromatic rings. The normalized spacial score (nSPS) is 21.8. The summed E-state index contributed by atoms with van der Waals surface area (Å²) in [6.45, 7) is 6.39. The van der Waals surface area contributed by atoms with Gasteiger partial charge in [0.25, 0.3) is 11.8 Å². The highest BCUT2D eigenvalue weighted by Gasteiger charge is 2.29. The van der Waals surface area contributed by atoms with Crippen molar-refractivity contribution >= 4 is 11.8 Å². The molecule has 4 aliphatic heterocycles. The number of rotatable bonds is 10. The van der Waals surface area contributed by atoms with Crippen LogP contribution in [0.5, 0.6) is 23.0 Å². The molecular weight excluding hydrogens is 656 g/mol. The second kappa shape index (κ2) is 16.5. The lowest BCUT2D eigenvalue weighted by molar-refractivity contribution is 0.0957. The van der Waals surface area contributed by atoms with E-state index in [1.807, 2.05) is 60.7 Å². The largest absolute Gasteiger partial charge is 0.497 e. The van der Waals surface area contributed by atoms with Crippen LogP contribution in [0.25, 0.3) is 0 Å². The van der Waals surface area contributed by atoms with Crippen LogP contribution in [0.4, 0.5) is 0 Å².